The third-order valence-corrected chi connectivity index (χ3v) is 11.5. The van der Waals surface area contributed by atoms with Crippen molar-refractivity contribution in [2.45, 2.75) is 271 Å². The molecule has 0 saturated heterocycles. The molecular weight excluding hydrogens is 781 g/mol. The first-order valence-electron chi connectivity index (χ1n) is 26.8. The van der Waals surface area contributed by atoms with Gasteiger partial charge in [0.15, 0.2) is 6.10 Å². The third kappa shape index (κ3) is 50.0. The zero-order chi connectivity index (χ0) is 45.8. The van der Waals surface area contributed by atoms with Crippen molar-refractivity contribution in [3.8, 4) is 0 Å². The molecule has 0 spiro atoms. The van der Waals surface area contributed by atoms with Crippen LogP contribution in [0.15, 0.2) is 60.8 Å². The molecule has 63 heavy (non-hydrogen) atoms. The van der Waals surface area contributed by atoms with Gasteiger partial charge in [-0.15, -0.1) is 0 Å². The Hall–Kier alpha value is -2.89. The van der Waals surface area contributed by atoms with Gasteiger partial charge in [-0.05, 0) is 70.6 Å². The molecule has 6 nitrogen and oxygen atoms in total. The highest BCUT2D eigenvalue weighted by molar-refractivity contribution is 5.71. The standard InChI is InChI=1S/C57H100O6/c1-4-7-10-13-16-19-22-25-27-29-32-35-38-41-44-47-50-56(59)62-53-54(52-61-55(58)49-46-43-40-37-34-31-24-21-18-15-12-9-6-3)63-57(60)51-48-45-42-39-36-33-30-28-26-23-20-17-14-11-8-5-2/h9,12,18,21,27,29,31,34,40,43,54H,4-8,10-11,13-17,19-20,22-26,28,30,32-33,35-39,41-42,44-53H2,1-3H3/b12-9-,21-18-,29-27-,34-31-,43-40-. The maximum absolute atomic E-state index is 12.8. The van der Waals surface area contributed by atoms with E-state index in [2.05, 4.69) is 75.5 Å². The van der Waals surface area contributed by atoms with Crippen LogP contribution in [0.4, 0.5) is 0 Å². The van der Waals surface area contributed by atoms with Gasteiger partial charge < -0.3 is 14.2 Å². The van der Waals surface area contributed by atoms with Crippen LogP contribution in [0.2, 0.25) is 0 Å². The van der Waals surface area contributed by atoms with Crippen molar-refractivity contribution >= 4 is 17.9 Å². The van der Waals surface area contributed by atoms with Crippen LogP contribution in [0.5, 0.6) is 0 Å². The maximum Gasteiger partial charge on any atom is 0.306 e. The van der Waals surface area contributed by atoms with E-state index in [1.54, 1.807) is 0 Å². The highest BCUT2D eigenvalue weighted by Gasteiger charge is 2.19. The second-order valence-corrected chi connectivity index (χ2v) is 17.8. The number of hydrogen-bond acceptors (Lipinski definition) is 6. The maximum atomic E-state index is 12.8. The van der Waals surface area contributed by atoms with Crippen molar-refractivity contribution in [1.29, 1.82) is 0 Å². The highest BCUT2D eigenvalue weighted by Crippen LogP contribution is 2.15. The van der Waals surface area contributed by atoms with Gasteiger partial charge in [-0.2, -0.15) is 0 Å². The van der Waals surface area contributed by atoms with E-state index < -0.39 is 6.10 Å². The first kappa shape index (κ1) is 60.1. The molecule has 1 unspecified atom stereocenters. The molecule has 364 valence electrons. The summed E-state index contributed by atoms with van der Waals surface area (Å²) in [5.74, 6) is -0.982. The van der Waals surface area contributed by atoms with Crippen LogP contribution in [0.1, 0.15) is 265 Å². The fraction of sp³-hybridized carbons (Fsp3) is 0.772. The average molecular weight is 881 g/mol. The van der Waals surface area contributed by atoms with Crippen LogP contribution < -0.4 is 0 Å². The molecule has 0 heterocycles. The third-order valence-electron chi connectivity index (χ3n) is 11.5. The summed E-state index contributed by atoms with van der Waals surface area (Å²) in [6.45, 7) is 6.47. The van der Waals surface area contributed by atoms with E-state index >= 15 is 0 Å². The Morgan fingerprint density at radius 1 is 0.333 bits per heavy atom. The molecule has 0 radical (unpaired) electrons. The van der Waals surface area contributed by atoms with Crippen LogP contribution in [-0.2, 0) is 28.6 Å². The predicted molar refractivity (Wildman–Crippen MR) is 270 cm³/mol. The molecule has 0 bridgehead atoms. The van der Waals surface area contributed by atoms with Gasteiger partial charge in [-0.3, -0.25) is 14.4 Å². The van der Waals surface area contributed by atoms with E-state index in [-0.39, 0.29) is 37.5 Å². The molecule has 0 aromatic rings. The number of hydrogen-bond donors (Lipinski definition) is 0. The van der Waals surface area contributed by atoms with E-state index in [0.717, 1.165) is 70.6 Å². The highest BCUT2D eigenvalue weighted by atomic mass is 16.6. The molecule has 6 heteroatoms. The van der Waals surface area contributed by atoms with Crippen LogP contribution in [0.25, 0.3) is 0 Å². The van der Waals surface area contributed by atoms with E-state index in [1.807, 2.05) is 6.08 Å². The Balaban J connectivity index is 4.43. The van der Waals surface area contributed by atoms with Gasteiger partial charge >= 0.3 is 17.9 Å². The number of ether oxygens (including phenoxy) is 3. The summed E-state index contributed by atoms with van der Waals surface area (Å²) >= 11 is 0. The first-order valence-corrected chi connectivity index (χ1v) is 26.8. The predicted octanol–water partition coefficient (Wildman–Crippen LogP) is 17.6. The number of esters is 3. The summed E-state index contributed by atoms with van der Waals surface area (Å²) in [6.07, 6.45) is 63.6. The molecule has 0 aromatic heterocycles. The van der Waals surface area contributed by atoms with Crippen molar-refractivity contribution in [3.63, 3.8) is 0 Å². The molecular formula is C57H100O6. The summed E-state index contributed by atoms with van der Waals surface area (Å²) in [5.41, 5.74) is 0. The largest absolute Gasteiger partial charge is 0.462 e. The van der Waals surface area contributed by atoms with Gasteiger partial charge in [0.2, 0.25) is 0 Å². The van der Waals surface area contributed by atoms with Crippen molar-refractivity contribution in [3.05, 3.63) is 60.8 Å². The van der Waals surface area contributed by atoms with Gasteiger partial charge in [0.25, 0.3) is 0 Å². The lowest BCUT2D eigenvalue weighted by Gasteiger charge is -2.18. The summed E-state index contributed by atoms with van der Waals surface area (Å²) in [6, 6.07) is 0. The number of unbranched alkanes of at least 4 members (excludes halogenated alkanes) is 27. The van der Waals surface area contributed by atoms with E-state index in [4.69, 9.17) is 14.2 Å². The molecule has 0 aliphatic heterocycles. The topological polar surface area (TPSA) is 78.9 Å². The zero-order valence-electron chi connectivity index (χ0n) is 41.6. The molecule has 0 amide bonds. The molecule has 0 fully saturated rings. The minimum absolute atomic E-state index is 0.0983. The fourth-order valence-corrected chi connectivity index (χ4v) is 7.51. The Bertz CT molecular complexity index is 1150. The molecule has 1 atom stereocenters. The lowest BCUT2D eigenvalue weighted by atomic mass is 10.0. The number of allylic oxidation sites excluding steroid dienone is 10. The van der Waals surface area contributed by atoms with Crippen LogP contribution >= 0.6 is 0 Å². The quantitative estimate of drug-likeness (QED) is 0.0262. The van der Waals surface area contributed by atoms with Crippen LogP contribution in [-0.4, -0.2) is 37.2 Å². The second-order valence-electron chi connectivity index (χ2n) is 17.8. The minimum Gasteiger partial charge on any atom is -0.462 e. The van der Waals surface area contributed by atoms with Gasteiger partial charge in [0.05, 0.1) is 0 Å². The van der Waals surface area contributed by atoms with Gasteiger partial charge in [0, 0.05) is 19.3 Å². The minimum atomic E-state index is -0.803. The summed E-state index contributed by atoms with van der Waals surface area (Å²) in [5, 5.41) is 0. The van der Waals surface area contributed by atoms with E-state index in [1.165, 1.54) is 148 Å². The molecule has 0 N–H and O–H groups in total. The SMILES string of the molecule is CC/C=C\C/C=C\C/C=C\C/C=C\CCC(=O)OCC(COC(=O)CCCCCCC/C=C\CCCCCCCCC)OC(=O)CCCCCCCCCCCCCCCCCC. The molecule has 0 aliphatic rings. The number of rotatable bonds is 48. The second kappa shape index (κ2) is 51.7. The van der Waals surface area contributed by atoms with Crippen molar-refractivity contribution in [1.82, 2.24) is 0 Å². The first-order chi connectivity index (χ1) is 31.0. The van der Waals surface area contributed by atoms with E-state index in [9.17, 15) is 14.4 Å². The Kier molecular flexibility index (Phi) is 49.4. The van der Waals surface area contributed by atoms with Gasteiger partial charge in [0.1, 0.15) is 13.2 Å². The fourth-order valence-electron chi connectivity index (χ4n) is 7.51. The number of carbonyl (C=O) groups is 3. The molecule has 0 aromatic carbocycles. The Labute approximate surface area is 390 Å². The van der Waals surface area contributed by atoms with Crippen molar-refractivity contribution in [2.24, 2.45) is 0 Å². The van der Waals surface area contributed by atoms with Crippen LogP contribution in [0, 0.1) is 0 Å². The lowest BCUT2D eigenvalue weighted by molar-refractivity contribution is -0.166. The molecule has 0 saturated carbocycles. The molecule has 0 rings (SSSR count). The Morgan fingerprint density at radius 2 is 0.651 bits per heavy atom. The Morgan fingerprint density at radius 3 is 1.06 bits per heavy atom. The molecule has 0 aliphatic carbocycles. The lowest BCUT2D eigenvalue weighted by Crippen LogP contribution is -2.30. The summed E-state index contributed by atoms with van der Waals surface area (Å²) in [4.78, 5) is 38.0. The van der Waals surface area contributed by atoms with Gasteiger partial charge in [-0.25, -0.2) is 0 Å². The van der Waals surface area contributed by atoms with Crippen molar-refractivity contribution < 1.29 is 28.6 Å². The normalized spacial score (nSPS) is 12.5. The summed E-state index contributed by atoms with van der Waals surface area (Å²) in [7, 11) is 0. The van der Waals surface area contributed by atoms with Gasteiger partial charge in [-0.1, -0.05) is 236 Å². The smallest absolute Gasteiger partial charge is 0.306 e. The van der Waals surface area contributed by atoms with Crippen molar-refractivity contribution in [2.75, 3.05) is 13.2 Å². The zero-order valence-corrected chi connectivity index (χ0v) is 41.6. The summed E-state index contributed by atoms with van der Waals surface area (Å²) < 4.78 is 16.7. The monoisotopic (exact) mass is 881 g/mol. The average Bonchev–Trinajstić information content (AvgIpc) is 3.28. The van der Waals surface area contributed by atoms with Crippen LogP contribution in [0.3, 0.4) is 0 Å². The number of carbonyl (C=O) groups excluding carboxylic acids is 3. The van der Waals surface area contributed by atoms with E-state index in [0.29, 0.717) is 19.3 Å².